The summed E-state index contributed by atoms with van der Waals surface area (Å²) >= 11 is 5.52. The Morgan fingerprint density at radius 1 is 1.38 bits per heavy atom. The lowest BCUT2D eigenvalue weighted by molar-refractivity contribution is 0.384. The molecule has 0 spiro atoms. The molecule has 0 saturated heterocycles. The third-order valence-electron chi connectivity index (χ3n) is 2.09. The molecule has 0 fully saturated rings. The number of hydrogen-bond donors (Lipinski definition) is 0. The zero-order valence-corrected chi connectivity index (χ0v) is 9.06. The van der Waals surface area contributed by atoms with E-state index < -0.39 is 0 Å². The second-order valence-corrected chi connectivity index (χ2v) is 3.65. The minimum absolute atomic E-state index is 0.211. The van der Waals surface area contributed by atoms with Gasteiger partial charge in [-0.15, -0.1) is 0 Å². The SMILES string of the molecule is Cc1ccc(C(C)C)cc1OCCl. The maximum atomic E-state index is 5.52. The van der Waals surface area contributed by atoms with E-state index in [0.29, 0.717) is 5.92 Å². The van der Waals surface area contributed by atoms with Gasteiger partial charge in [0.15, 0.2) is 6.07 Å². The van der Waals surface area contributed by atoms with E-state index in [9.17, 15) is 0 Å². The Balaban J connectivity index is 2.97. The Kier molecular flexibility index (Phi) is 3.61. The molecule has 0 saturated carbocycles. The predicted octanol–water partition coefficient (Wildman–Crippen LogP) is 3.69. The smallest absolute Gasteiger partial charge is 0.162 e. The van der Waals surface area contributed by atoms with Crippen molar-refractivity contribution in [2.75, 3.05) is 6.07 Å². The third-order valence-corrected chi connectivity index (χ3v) is 2.20. The average Bonchev–Trinajstić information content (AvgIpc) is 2.08. The van der Waals surface area contributed by atoms with Crippen molar-refractivity contribution in [2.45, 2.75) is 26.7 Å². The van der Waals surface area contributed by atoms with Crippen LogP contribution in [0.4, 0.5) is 0 Å². The monoisotopic (exact) mass is 198 g/mol. The maximum Gasteiger partial charge on any atom is 0.162 e. The van der Waals surface area contributed by atoms with Gasteiger partial charge in [0.05, 0.1) is 0 Å². The van der Waals surface area contributed by atoms with Crippen molar-refractivity contribution in [3.8, 4) is 5.75 Å². The molecule has 0 aliphatic heterocycles. The van der Waals surface area contributed by atoms with Gasteiger partial charge in [0.25, 0.3) is 0 Å². The topological polar surface area (TPSA) is 9.23 Å². The van der Waals surface area contributed by atoms with E-state index >= 15 is 0 Å². The molecule has 0 aromatic heterocycles. The molecule has 0 aliphatic rings. The van der Waals surface area contributed by atoms with Crippen LogP contribution in [0.2, 0.25) is 0 Å². The largest absolute Gasteiger partial charge is 0.478 e. The Morgan fingerprint density at radius 2 is 2.08 bits per heavy atom. The molecule has 1 aromatic carbocycles. The number of ether oxygens (including phenoxy) is 1. The van der Waals surface area contributed by atoms with Gasteiger partial charge in [-0.1, -0.05) is 37.6 Å². The molecule has 1 rings (SSSR count). The summed E-state index contributed by atoms with van der Waals surface area (Å²) in [5.41, 5.74) is 2.41. The molecule has 0 aliphatic carbocycles. The van der Waals surface area contributed by atoms with Crippen molar-refractivity contribution >= 4 is 11.6 Å². The predicted molar refractivity (Wildman–Crippen MR) is 56.6 cm³/mol. The van der Waals surface area contributed by atoms with E-state index in [-0.39, 0.29) is 6.07 Å². The molecule has 1 aromatic rings. The first kappa shape index (κ1) is 10.4. The van der Waals surface area contributed by atoms with Crippen LogP contribution < -0.4 is 4.74 Å². The standard InChI is InChI=1S/C11H15ClO/c1-8(2)10-5-4-9(3)11(6-10)13-7-12/h4-6,8H,7H2,1-3H3. The molecule has 0 unspecified atom stereocenters. The van der Waals surface area contributed by atoms with Crippen LogP contribution in [0.25, 0.3) is 0 Å². The highest BCUT2D eigenvalue weighted by Crippen LogP contribution is 2.24. The lowest BCUT2D eigenvalue weighted by atomic mass is 10.0. The van der Waals surface area contributed by atoms with Gasteiger partial charge in [0.1, 0.15) is 5.75 Å². The van der Waals surface area contributed by atoms with Gasteiger partial charge in [-0.05, 0) is 30.0 Å². The maximum absolute atomic E-state index is 5.52. The first-order valence-electron chi connectivity index (χ1n) is 4.44. The van der Waals surface area contributed by atoms with Crippen LogP contribution in [0, 0.1) is 6.92 Å². The summed E-state index contributed by atoms with van der Waals surface area (Å²) in [4.78, 5) is 0. The van der Waals surface area contributed by atoms with E-state index in [2.05, 4.69) is 32.0 Å². The lowest BCUT2D eigenvalue weighted by Gasteiger charge is -2.10. The Morgan fingerprint density at radius 3 is 2.62 bits per heavy atom. The lowest BCUT2D eigenvalue weighted by Crippen LogP contribution is -1.94. The first-order chi connectivity index (χ1) is 6.15. The van der Waals surface area contributed by atoms with E-state index in [1.54, 1.807) is 0 Å². The van der Waals surface area contributed by atoms with Gasteiger partial charge in [0.2, 0.25) is 0 Å². The molecule has 0 heterocycles. The summed E-state index contributed by atoms with van der Waals surface area (Å²) in [5.74, 6) is 1.42. The van der Waals surface area contributed by atoms with Crippen LogP contribution in [-0.2, 0) is 0 Å². The van der Waals surface area contributed by atoms with E-state index in [1.807, 2.05) is 6.92 Å². The quantitative estimate of drug-likeness (QED) is 0.674. The van der Waals surface area contributed by atoms with Crippen LogP contribution in [0.3, 0.4) is 0 Å². The van der Waals surface area contributed by atoms with Gasteiger partial charge in [-0.25, -0.2) is 0 Å². The van der Waals surface area contributed by atoms with E-state index in [0.717, 1.165) is 11.3 Å². The molecular weight excluding hydrogens is 184 g/mol. The van der Waals surface area contributed by atoms with Crippen molar-refractivity contribution < 1.29 is 4.74 Å². The average molecular weight is 199 g/mol. The number of halogens is 1. The summed E-state index contributed by atoms with van der Waals surface area (Å²) < 4.78 is 5.29. The van der Waals surface area contributed by atoms with Crippen molar-refractivity contribution in [1.29, 1.82) is 0 Å². The van der Waals surface area contributed by atoms with Crippen molar-refractivity contribution in [1.82, 2.24) is 0 Å². The highest BCUT2D eigenvalue weighted by atomic mass is 35.5. The minimum Gasteiger partial charge on any atom is -0.478 e. The zero-order valence-electron chi connectivity index (χ0n) is 8.30. The number of alkyl halides is 1. The van der Waals surface area contributed by atoms with Crippen LogP contribution in [0.5, 0.6) is 5.75 Å². The normalized spacial score (nSPS) is 10.5. The Labute approximate surface area is 84.7 Å². The zero-order chi connectivity index (χ0) is 9.84. The van der Waals surface area contributed by atoms with Crippen LogP contribution in [0.15, 0.2) is 18.2 Å². The van der Waals surface area contributed by atoms with Gasteiger partial charge in [-0.2, -0.15) is 0 Å². The molecule has 1 nitrogen and oxygen atoms in total. The van der Waals surface area contributed by atoms with Gasteiger partial charge in [-0.3, -0.25) is 0 Å². The molecule has 0 N–H and O–H groups in total. The molecule has 0 atom stereocenters. The van der Waals surface area contributed by atoms with Gasteiger partial charge in [0, 0.05) is 0 Å². The summed E-state index contributed by atoms with van der Waals surface area (Å²) in [5, 5.41) is 0. The Bertz CT molecular complexity index is 281. The van der Waals surface area contributed by atoms with E-state index in [4.69, 9.17) is 16.3 Å². The van der Waals surface area contributed by atoms with Crippen molar-refractivity contribution in [2.24, 2.45) is 0 Å². The van der Waals surface area contributed by atoms with Gasteiger partial charge < -0.3 is 4.74 Å². The van der Waals surface area contributed by atoms with Crippen molar-refractivity contribution in [3.63, 3.8) is 0 Å². The molecule has 0 bridgehead atoms. The highest BCUT2D eigenvalue weighted by Gasteiger charge is 2.03. The number of hydrogen-bond acceptors (Lipinski definition) is 1. The van der Waals surface area contributed by atoms with Crippen LogP contribution >= 0.6 is 11.6 Å². The molecule has 0 radical (unpaired) electrons. The third kappa shape index (κ3) is 2.63. The molecule has 0 amide bonds. The number of benzene rings is 1. The summed E-state index contributed by atoms with van der Waals surface area (Å²) in [6.07, 6.45) is 0. The molecule has 72 valence electrons. The van der Waals surface area contributed by atoms with Crippen LogP contribution in [-0.4, -0.2) is 6.07 Å². The number of aryl methyl sites for hydroxylation is 1. The molecule has 2 heteroatoms. The minimum atomic E-state index is 0.211. The summed E-state index contributed by atoms with van der Waals surface area (Å²) in [7, 11) is 0. The first-order valence-corrected chi connectivity index (χ1v) is 4.98. The summed E-state index contributed by atoms with van der Waals surface area (Å²) in [6, 6.07) is 6.46. The second-order valence-electron chi connectivity index (χ2n) is 3.43. The highest BCUT2D eigenvalue weighted by molar-refractivity contribution is 6.17. The fourth-order valence-corrected chi connectivity index (χ4v) is 1.31. The molecular formula is C11H15ClO. The van der Waals surface area contributed by atoms with Crippen LogP contribution in [0.1, 0.15) is 30.9 Å². The van der Waals surface area contributed by atoms with Gasteiger partial charge >= 0.3 is 0 Å². The fourth-order valence-electron chi connectivity index (χ4n) is 1.19. The Hall–Kier alpha value is -0.690. The fraction of sp³-hybridized carbons (Fsp3) is 0.455. The number of rotatable bonds is 3. The second kappa shape index (κ2) is 4.52. The van der Waals surface area contributed by atoms with E-state index in [1.165, 1.54) is 5.56 Å². The molecule has 13 heavy (non-hydrogen) atoms. The van der Waals surface area contributed by atoms with Crippen molar-refractivity contribution in [3.05, 3.63) is 29.3 Å². The summed E-state index contributed by atoms with van der Waals surface area (Å²) in [6.45, 7) is 6.34.